The van der Waals surface area contributed by atoms with E-state index in [1.807, 2.05) is 0 Å². The van der Waals surface area contributed by atoms with E-state index in [-0.39, 0.29) is 51.7 Å². The molecule has 2 heterocycles. The maximum absolute atomic E-state index is 13.7. The van der Waals surface area contributed by atoms with E-state index in [0.29, 0.717) is 25.0 Å². The van der Waals surface area contributed by atoms with E-state index in [1.165, 1.54) is 16.4 Å². The number of hydrogen-bond donors (Lipinski definition) is 0. The Hall–Kier alpha value is -1.69. The van der Waals surface area contributed by atoms with Crippen molar-refractivity contribution in [3.05, 3.63) is 35.4 Å². The number of carbonyl (C=O) groups excluding carboxylic acids is 1. The third kappa shape index (κ3) is 6.75. The minimum Gasteiger partial charge on any atom is -0.459 e. The predicted octanol–water partition coefficient (Wildman–Crippen LogP) is 4.15. The molecular weight excluding hydrogens is 487 g/mol. The van der Waals surface area contributed by atoms with Crippen LogP contribution in [0.2, 0.25) is 0 Å². The zero-order valence-corrected chi connectivity index (χ0v) is 21.2. The summed E-state index contributed by atoms with van der Waals surface area (Å²) in [6.45, 7) is 6.56. The first-order valence-electron chi connectivity index (χ1n) is 11.8. The molecule has 0 aliphatic carbocycles. The van der Waals surface area contributed by atoms with Crippen LogP contribution in [-0.2, 0) is 41.8 Å². The fourth-order valence-electron chi connectivity index (χ4n) is 4.34. The Balaban J connectivity index is 1.56. The topological polar surface area (TPSA) is 82.1 Å². The van der Waals surface area contributed by atoms with Crippen molar-refractivity contribution >= 4 is 16.0 Å². The second-order valence-electron chi connectivity index (χ2n) is 10.2. The lowest BCUT2D eigenvalue weighted by atomic mass is 9.98. The van der Waals surface area contributed by atoms with Gasteiger partial charge in [-0.2, -0.15) is 13.2 Å². The van der Waals surface area contributed by atoms with Gasteiger partial charge in [0.2, 0.25) is 10.0 Å². The molecule has 3 rings (SSSR count). The Bertz CT molecular complexity index is 958. The number of piperidine rings is 1. The van der Waals surface area contributed by atoms with E-state index in [2.05, 4.69) is 0 Å². The number of hydrogen-bond acceptors (Lipinski definition) is 6. The summed E-state index contributed by atoms with van der Waals surface area (Å²) in [6.07, 6.45) is -3.14. The van der Waals surface area contributed by atoms with Gasteiger partial charge in [0.25, 0.3) is 0 Å². The van der Waals surface area contributed by atoms with Gasteiger partial charge in [-0.05, 0) is 57.2 Å². The second kappa shape index (κ2) is 10.7. The molecule has 2 aliphatic rings. The van der Waals surface area contributed by atoms with Crippen LogP contribution in [0.25, 0.3) is 0 Å². The van der Waals surface area contributed by atoms with Gasteiger partial charge in [-0.15, -0.1) is 0 Å². The van der Waals surface area contributed by atoms with Crippen molar-refractivity contribution in [2.45, 2.75) is 69.6 Å². The Morgan fingerprint density at radius 1 is 1.09 bits per heavy atom. The SMILES string of the molecule is CC(C)(C)OC(=O)C1(S(=O)(=O)N2CCC(COCc3ccc(C(F)(F)F)cc3)CC2)CCOCC1. The van der Waals surface area contributed by atoms with Crippen molar-refractivity contribution in [3.63, 3.8) is 0 Å². The highest BCUT2D eigenvalue weighted by Gasteiger charge is 2.56. The molecule has 0 N–H and O–H groups in total. The summed E-state index contributed by atoms with van der Waals surface area (Å²) < 4.78 is 81.6. The van der Waals surface area contributed by atoms with Gasteiger partial charge in [-0.1, -0.05) is 12.1 Å². The molecule has 0 spiro atoms. The van der Waals surface area contributed by atoms with E-state index >= 15 is 0 Å². The van der Waals surface area contributed by atoms with Crippen LogP contribution in [0.1, 0.15) is 57.6 Å². The summed E-state index contributed by atoms with van der Waals surface area (Å²) in [5, 5.41) is 0. The first-order valence-corrected chi connectivity index (χ1v) is 13.2. The van der Waals surface area contributed by atoms with Crippen LogP contribution in [-0.4, -0.2) is 62.0 Å². The molecule has 2 saturated heterocycles. The summed E-state index contributed by atoms with van der Waals surface area (Å²) in [4.78, 5) is 13.1. The maximum atomic E-state index is 13.7. The molecule has 0 atom stereocenters. The van der Waals surface area contributed by atoms with E-state index in [0.717, 1.165) is 12.1 Å². The van der Waals surface area contributed by atoms with Gasteiger partial charge in [0.05, 0.1) is 12.2 Å². The van der Waals surface area contributed by atoms with Gasteiger partial charge >= 0.3 is 12.1 Å². The van der Waals surface area contributed by atoms with E-state index < -0.39 is 38.1 Å². The Morgan fingerprint density at radius 2 is 1.66 bits per heavy atom. The minimum atomic E-state index is -4.37. The first-order chi connectivity index (χ1) is 16.2. The highest BCUT2D eigenvalue weighted by molar-refractivity contribution is 7.91. The first kappa shape index (κ1) is 27.9. The van der Waals surface area contributed by atoms with Gasteiger partial charge < -0.3 is 14.2 Å². The number of nitrogens with zero attached hydrogens (tertiary/aromatic N) is 1. The van der Waals surface area contributed by atoms with Crippen molar-refractivity contribution in [1.29, 1.82) is 0 Å². The molecule has 198 valence electrons. The zero-order chi connectivity index (χ0) is 25.9. The number of esters is 1. The van der Waals surface area contributed by atoms with E-state index in [4.69, 9.17) is 14.2 Å². The van der Waals surface area contributed by atoms with Gasteiger partial charge in [-0.25, -0.2) is 12.7 Å². The van der Waals surface area contributed by atoms with Gasteiger partial charge in [0.1, 0.15) is 5.60 Å². The third-order valence-corrected chi connectivity index (χ3v) is 8.99. The summed E-state index contributed by atoms with van der Waals surface area (Å²) in [5.74, 6) is -0.613. The van der Waals surface area contributed by atoms with Gasteiger partial charge in [0, 0.05) is 45.8 Å². The highest BCUT2D eigenvalue weighted by Crippen LogP contribution is 2.37. The average Bonchev–Trinajstić information content (AvgIpc) is 2.78. The standard InChI is InChI=1S/C24H34F3NO6S/c1-22(2,3)34-21(29)23(10-14-32-15-11-23)35(30,31)28-12-8-19(9-13-28)17-33-16-18-4-6-20(7-5-18)24(25,26)27/h4-7,19H,8-17H2,1-3H3. The number of alkyl halides is 3. The molecule has 0 saturated carbocycles. The second-order valence-corrected chi connectivity index (χ2v) is 12.4. The van der Waals surface area contributed by atoms with Crippen molar-refractivity contribution in [1.82, 2.24) is 4.31 Å². The van der Waals surface area contributed by atoms with Crippen molar-refractivity contribution in [2.75, 3.05) is 32.9 Å². The Morgan fingerprint density at radius 3 is 2.17 bits per heavy atom. The molecule has 7 nitrogen and oxygen atoms in total. The number of sulfonamides is 1. The number of carbonyl (C=O) groups is 1. The molecule has 0 aromatic heterocycles. The summed E-state index contributed by atoms with van der Waals surface area (Å²) in [7, 11) is -3.98. The highest BCUT2D eigenvalue weighted by atomic mass is 32.2. The fourth-order valence-corrected chi connectivity index (χ4v) is 6.46. The van der Waals surface area contributed by atoms with Crippen LogP contribution < -0.4 is 0 Å². The molecule has 2 fully saturated rings. The smallest absolute Gasteiger partial charge is 0.416 e. The molecule has 1 aromatic rings. The normalized spacial score (nSPS) is 20.5. The Labute approximate surface area is 205 Å². The quantitative estimate of drug-likeness (QED) is 0.502. The largest absolute Gasteiger partial charge is 0.459 e. The van der Waals surface area contributed by atoms with Crippen LogP contribution in [0.4, 0.5) is 13.2 Å². The van der Waals surface area contributed by atoms with Crippen LogP contribution in [0.5, 0.6) is 0 Å². The van der Waals surface area contributed by atoms with Gasteiger partial charge in [0.15, 0.2) is 4.75 Å². The summed E-state index contributed by atoms with van der Waals surface area (Å²) >= 11 is 0. The molecular formula is C24H34F3NO6S. The zero-order valence-electron chi connectivity index (χ0n) is 20.4. The lowest BCUT2D eigenvalue weighted by molar-refractivity contribution is -0.161. The molecule has 35 heavy (non-hydrogen) atoms. The molecule has 1 aromatic carbocycles. The monoisotopic (exact) mass is 521 g/mol. The summed E-state index contributed by atoms with van der Waals surface area (Å²) in [5.41, 5.74) is -0.879. The van der Waals surface area contributed by atoms with E-state index in [9.17, 15) is 26.4 Å². The number of ether oxygens (including phenoxy) is 3. The number of benzene rings is 1. The molecule has 0 bridgehead atoms. The Kier molecular flexibility index (Phi) is 8.56. The summed E-state index contributed by atoms with van der Waals surface area (Å²) in [6, 6.07) is 4.84. The lowest BCUT2D eigenvalue weighted by Gasteiger charge is -2.41. The minimum absolute atomic E-state index is 0.0560. The number of rotatable bonds is 7. The third-order valence-electron chi connectivity index (χ3n) is 6.38. The molecule has 0 radical (unpaired) electrons. The maximum Gasteiger partial charge on any atom is 0.416 e. The van der Waals surface area contributed by atoms with Crippen LogP contribution in [0, 0.1) is 5.92 Å². The molecule has 0 amide bonds. The predicted molar refractivity (Wildman–Crippen MR) is 123 cm³/mol. The van der Waals surface area contributed by atoms with Crippen molar-refractivity contribution < 1.29 is 40.6 Å². The fraction of sp³-hybridized carbons (Fsp3) is 0.708. The van der Waals surface area contributed by atoms with Crippen molar-refractivity contribution in [3.8, 4) is 0 Å². The molecule has 11 heteroatoms. The van der Waals surface area contributed by atoms with Gasteiger partial charge in [-0.3, -0.25) is 4.79 Å². The lowest BCUT2D eigenvalue weighted by Crippen LogP contribution is -2.59. The molecule has 0 unspecified atom stereocenters. The molecule has 2 aliphatic heterocycles. The van der Waals surface area contributed by atoms with Crippen LogP contribution >= 0.6 is 0 Å². The number of halogens is 3. The van der Waals surface area contributed by atoms with Crippen LogP contribution in [0.15, 0.2) is 24.3 Å². The average molecular weight is 522 g/mol. The van der Waals surface area contributed by atoms with E-state index in [1.54, 1.807) is 20.8 Å². The van der Waals surface area contributed by atoms with Crippen molar-refractivity contribution in [2.24, 2.45) is 5.92 Å². The van der Waals surface area contributed by atoms with Crippen LogP contribution in [0.3, 0.4) is 0 Å².